The summed E-state index contributed by atoms with van der Waals surface area (Å²) < 4.78 is 17.6. The van der Waals surface area contributed by atoms with E-state index in [1.807, 2.05) is 0 Å². The Balaban J connectivity index is 1.83. The van der Waals surface area contributed by atoms with Crippen LogP contribution in [0.1, 0.15) is 91.5 Å². The molecule has 5 bridgehead atoms. The standard InChI is InChI=1S/C38H47NO11/c1-17-12-10-13-18(2)37(47)39-24-16-25(41)27-28(33(24)45)32(44)22(6)35-29(27)36(46)38(8,50-35)15-11-14-26(48-9)19(3)34(49-23(7)40)21(5)31(43)20(4)30(17)42/h10-14,16-17,19-21,26,30-31,34,42-44H,15H2,1-9H3,(H,39,47)/t17-,19+,20+,21+,26-,30?,31+,34+,38+/m0/s1. The Morgan fingerprint density at radius 1 is 0.960 bits per heavy atom. The van der Waals surface area contributed by atoms with Crippen LogP contribution in [-0.4, -0.2) is 81.7 Å². The average molecular weight is 694 g/mol. The van der Waals surface area contributed by atoms with Crippen LogP contribution in [0.15, 0.2) is 47.7 Å². The lowest BCUT2D eigenvalue weighted by molar-refractivity contribution is -0.160. The van der Waals surface area contributed by atoms with Crippen molar-refractivity contribution in [2.75, 3.05) is 7.11 Å². The third-order valence-corrected chi connectivity index (χ3v) is 10.2. The number of phenolic OH excluding ortho intramolecular Hbond substituents is 1. The number of aromatic hydroxyl groups is 1. The van der Waals surface area contributed by atoms with Crippen molar-refractivity contribution in [2.45, 2.75) is 91.8 Å². The van der Waals surface area contributed by atoms with E-state index in [-0.39, 0.29) is 40.1 Å². The lowest BCUT2D eigenvalue weighted by Gasteiger charge is -2.38. The molecule has 4 N–H and O–H groups in total. The maximum absolute atomic E-state index is 14.0. The molecule has 1 aliphatic carbocycles. The van der Waals surface area contributed by atoms with Gasteiger partial charge < -0.3 is 34.8 Å². The number of ketones is 3. The Bertz CT molecular complexity index is 1720. The molecule has 3 heterocycles. The van der Waals surface area contributed by atoms with E-state index in [2.05, 4.69) is 5.32 Å². The van der Waals surface area contributed by atoms with E-state index >= 15 is 0 Å². The highest BCUT2D eigenvalue weighted by Crippen LogP contribution is 2.48. The van der Waals surface area contributed by atoms with E-state index in [4.69, 9.17) is 14.2 Å². The molecule has 50 heavy (non-hydrogen) atoms. The largest absolute Gasteiger partial charge is 0.507 e. The molecular weight excluding hydrogens is 646 g/mol. The smallest absolute Gasteiger partial charge is 0.302 e. The number of aliphatic hydroxyl groups excluding tert-OH is 2. The molecule has 5 rings (SSSR count). The van der Waals surface area contributed by atoms with Gasteiger partial charge >= 0.3 is 5.97 Å². The number of carbonyl (C=O) groups is 5. The summed E-state index contributed by atoms with van der Waals surface area (Å²) in [7, 11) is 1.48. The summed E-state index contributed by atoms with van der Waals surface area (Å²) in [5.74, 6) is -6.25. The number of carbonyl (C=O) groups excluding carboxylic acids is 5. The summed E-state index contributed by atoms with van der Waals surface area (Å²) >= 11 is 0. The molecule has 12 heteroatoms. The molecule has 0 aromatic heterocycles. The monoisotopic (exact) mass is 693 g/mol. The van der Waals surface area contributed by atoms with Crippen molar-refractivity contribution in [3.05, 3.63) is 70.0 Å². The van der Waals surface area contributed by atoms with Crippen LogP contribution in [0.5, 0.6) is 11.5 Å². The predicted molar refractivity (Wildman–Crippen MR) is 183 cm³/mol. The van der Waals surface area contributed by atoms with Crippen LogP contribution in [-0.2, 0) is 19.1 Å². The number of nitrogens with one attached hydrogen (secondary N) is 1. The number of hydrogen-bond donors (Lipinski definition) is 4. The first kappa shape index (κ1) is 38.4. The van der Waals surface area contributed by atoms with Gasteiger partial charge in [-0.2, -0.15) is 0 Å². The van der Waals surface area contributed by atoms with Gasteiger partial charge in [0.2, 0.25) is 11.6 Å². The first-order valence-corrected chi connectivity index (χ1v) is 16.7. The molecule has 0 saturated carbocycles. The van der Waals surface area contributed by atoms with E-state index in [9.17, 15) is 39.3 Å². The molecule has 9 atom stereocenters. The Morgan fingerprint density at radius 2 is 1.62 bits per heavy atom. The van der Waals surface area contributed by atoms with Crippen LogP contribution < -0.4 is 10.1 Å². The number of rotatable bonds is 2. The fourth-order valence-corrected chi connectivity index (χ4v) is 6.93. The van der Waals surface area contributed by atoms with Gasteiger partial charge in [0.25, 0.3) is 5.91 Å². The number of amides is 1. The zero-order chi connectivity index (χ0) is 37.4. The predicted octanol–water partition coefficient (Wildman–Crippen LogP) is 4.09. The van der Waals surface area contributed by atoms with Gasteiger partial charge in [-0.25, -0.2) is 0 Å². The van der Waals surface area contributed by atoms with Gasteiger partial charge in [-0.05, 0) is 20.8 Å². The Morgan fingerprint density at radius 3 is 2.24 bits per heavy atom. The van der Waals surface area contributed by atoms with Crippen LogP contribution >= 0.6 is 0 Å². The molecule has 0 radical (unpaired) electrons. The van der Waals surface area contributed by atoms with Gasteiger partial charge in [0.15, 0.2) is 11.4 Å². The average Bonchev–Trinajstić information content (AvgIpc) is 3.33. The van der Waals surface area contributed by atoms with Gasteiger partial charge in [0, 0.05) is 61.3 Å². The van der Waals surface area contributed by atoms with Crippen molar-refractivity contribution in [3.8, 4) is 11.5 Å². The van der Waals surface area contributed by atoms with Crippen LogP contribution in [0.3, 0.4) is 0 Å². The van der Waals surface area contributed by atoms with E-state index in [0.29, 0.717) is 0 Å². The first-order valence-electron chi connectivity index (χ1n) is 16.7. The number of aliphatic hydroxyl groups is 2. The molecule has 3 aliphatic heterocycles. The van der Waals surface area contributed by atoms with Crippen LogP contribution in [0, 0.1) is 30.6 Å². The highest BCUT2D eigenvalue weighted by Gasteiger charge is 2.49. The minimum absolute atomic E-state index is 0.00198. The van der Waals surface area contributed by atoms with Crippen LogP contribution in [0.25, 0.3) is 0 Å². The molecule has 4 aliphatic rings. The molecule has 1 aromatic rings. The Kier molecular flexibility index (Phi) is 11.4. The number of fused-ring (bicyclic) bond motifs is 14. The molecule has 1 amide bonds. The summed E-state index contributed by atoms with van der Waals surface area (Å²) in [4.78, 5) is 66.5. The van der Waals surface area contributed by atoms with Crippen molar-refractivity contribution in [1.82, 2.24) is 5.32 Å². The summed E-state index contributed by atoms with van der Waals surface area (Å²) in [5.41, 5.74) is -2.45. The van der Waals surface area contributed by atoms with E-state index in [0.717, 1.165) is 6.08 Å². The minimum Gasteiger partial charge on any atom is -0.507 e. The molecule has 270 valence electrons. The van der Waals surface area contributed by atoms with Crippen molar-refractivity contribution in [2.24, 2.45) is 23.7 Å². The van der Waals surface area contributed by atoms with Crippen molar-refractivity contribution >= 4 is 29.2 Å². The number of esters is 1. The molecule has 0 spiro atoms. The Hall–Kier alpha value is -4.39. The lowest BCUT2D eigenvalue weighted by atomic mass is 9.78. The van der Waals surface area contributed by atoms with E-state index < -0.39 is 94.2 Å². The number of hydrogen-bond acceptors (Lipinski definition) is 11. The molecule has 1 aromatic carbocycles. The molecular formula is C38H47NO11. The fourth-order valence-electron chi connectivity index (χ4n) is 6.93. The van der Waals surface area contributed by atoms with Gasteiger partial charge in [-0.3, -0.25) is 24.0 Å². The van der Waals surface area contributed by atoms with E-state index in [1.54, 1.807) is 52.0 Å². The SMILES string of the molecule is CO[C@H]1C=CC[C@@]2(C)Oc3c(C)c(O)c4c(c3C2=O)C(=O)C=C(NC(=O)C(C)=CC=C[C@H](C)C(O)[C@@H](C)[C@@H](O)[C@@H](C)[C@H](OC(C)=O)[C@@H]1C)C4=O. The molecule has 0 fully saturated rings. The lowest BCUT2D eigenvalue weighted by Crippen LogP contribution is -2.46. The summed E-state index contributed by atoms with van der Waals surface area (Å²) in [6.45, 7) is 12.7. The number of phenols is 1. The molecule has 1 unspecified atom stereocenters. The van der Waals surface area contributed by atoms with Crippen molar-refractivity contribution < 1.29 is 53.5 Å². The second-order valence-electron chi connectivity index (χ2n) is 13.9. The summed E-state index contributed by atoms with van der Waals surface area (Å²) in [6.07, 6.45) is 5.35. The first-order chi connectivity index (χ1) is 23.4. The number of benzene rings is 1. The fraction of sp³-hybridized carbons (Fsp3) is 0.500. The summed E-state index contributed by atoms with van der Waals surface area (Å²) in [6, 6.07) is 0. The normalized spacial score (nSPS) is 32.3. The maximum atomic E-state index is 14.0. The highest BCUT2D eigenvalue weighted by molar-refractivity contribution is 6.31. The zero-order valence-corrected chi connectivity index (χ0v) is 29.9. The maximum Gasteiger partial charge on any atom is 0.302 e. The molecule has 0 saturated heterocycles. The third-order valence-electron chi connectivity index (χ3n) is 10.2. The second kappa shape index (κ2) is 14.8. The van der Waals surface area contributed by atoms with E-state index in [1.165, 1.54) is 40.9 Å². The number of methoxy groups -OCH3 is 1. The van der Waals surface area contributed by atoms with Gasteiger partial charge in [0.1, 0.15) is 17.6 Å². The highest BCUT2D eigenvalue weighted by atomic mass is 16.5. The Labute approximate surface area is 291 Å². The third kappa shape index (κ3) is 7.10. The van der Waals surface area contributed by atoms with Gasteiger partial charge in [0.05, 0.1) is 40.7 Å². The molecule has 12 nitrogen and oxygen atoms in total. The van der Waals surface area contributed by atoms with Crippen molar-refractivity contribution in [1.29, 1.82) is 0 Å². The topological polar surface area (TPSA) is 186 Å². The van der Waals surface area contributed by atoms with Gasteiger partial charge in [-0.15, -0.1) is 0 Å². The summed E-state index contributed by atoms with van der Waals surface area (Å²) in [5, 5.41) is 36.2. The van der Waals surface area contributed by atoms with Crippen molar-refractivity contribution in [3.63, 3.8) is 0 Å². The number of allylic oxidation sites excluding steroid dienone is 4. The minimum atomic E-state index is -1.53. The van der Waals surface area contributed by atoms with Crippen LogP contribution in [0.4, 0.5) is 0 Å². The second-order valence-corrected chi connectivity index (χ2v) is 13.9. The number of ether oxygens (including phenoxy) is 3. The van der Waals surface area contributed by atoms with Crippen LogP contribution in [0.2, 0.25) is 0 Å². The zero-order valence-electron chi connectivity index (χ0n) is 29.9. The quantitative estimate of drug-likeness (QED) is 0.258. The number of Topliss-reactive ketones (excluding diaryl/α,β-unsaturated/α-hetero) is 2. The van der Waals surface area contributed by atoms with Gasteiger partial charge in [-0.1, -0.05) is 58.1 Å².